The normalized spacial score (nSPS) is 23.6. The number of rotatable bonds is 3. The first-order chi connectivity index (χ1) is 8.70. The maximum absolute atomic E-state index is 12.0. The van der Waals surface area contributed by atoms with Crippen LogP contribution in [0.15, 0.2) is 24.3 Å². The molecule has 1 aliphatic carbocycles. The standard InChI is InChI=1S/C15H21NO2/c1-2-11-6-5-7-12(10-11)18-15(17)13-8-3-4-9-14(13)16/h3-4,8-9,11-12H,2,5-7,10,16H2,1H3. The Morgan fingerprint density at radius 3 is 2.89 bits per heavy atom. The van der Waals surface area contributed by atoms with Crippen LogP contribution >= 0.6 is 0 Å². The minimum Gasteiger partial charge on any atom is -0.459 e. The van der Waals surface area contributed by atoms with E-state index in [0.29, 0.717) is 17.2 Å². The van der Waals surface area contributed by atoms with E-state index in [1.54, 1.807) is 12.1 Å². The Morgan fingerprint density at radius 2 is 2.17 bits per heavy atom. The molecule has 18 heavy (non-hydrogen) atoms. The van der Waals surface area contributed by atoms with E-state index in [0.717, 1.165) is 19.3 Å². The van der Waals surface area contributed by atoms with E-state index in [-0.39, 0.29) is 12.1 Å². The molecule has 0 radical (unpaired) electrons. The van der Waals surface area contributed by atoms with E-state index in [1.807, 2.05) is 12.1 Å². The number of nitrogens with two attached hydrogens (primary N) is 1. The van der Waals surface area contributed by atoms with Gasteiger partial charge in [-0.3, -0.25) is 0 Å². The van der Waals surface area contributed by atoms with E-state index in [9.17, 15) is 4.79 Å². The fourth-order valence-electron chi connectivity index (χ4n) is 2.62. The molecule has 2 N–H and O–H groups in total. The van der Waals surface area contributed by atoms with Crippen molar-refractivity contribution in [2.75, 3.05) is 5.73 Å². The van der Waals surface area contributed by atoms with Crippen molar-refractivity contribution >= 4 is 11.7 Å². The summed E-state index contributed by atoms with van der Waals surface area (Å²) in [4.78, 5) is 12.0. The van der Waals surface area contributed by atoms with Crippen molar-refractivity contribution in [1.82, 2.24) is 0 Å². The first-order valence-electron chi connectivity index (χ1n) is 6.76. The van der Waals surface area contributed by atoms with Gasteiger partial charge in [-0.05, 0) is 37.3 Å². The van der Waals surface area contributed by atoms with E-state index in [4.69, 9.17) is 10.5 Å². The molecule has 0 heterocycles. The van der Waals surface area contributed by atoms with Gasteiger partial charge in [0.2, 0.25) is 0 Å². The Hall–Kier alpha value is -1.51. The first-order valence-corrected chi connectivity index (χ1v) is 6.76. The van der Waals surface area contributed by atoms with Gasteiger partial charge >= 0.3 is 5.97 Å². The molecule has 3 nitrogen and oxygen atoms in total. The molecule has 98 valence electrons. The van der Waals surface area contributed by atoms with Crippen LogP contribution in [0.5, 0.6) is 0 Å². The van der Waals surface area contributed by atoms with Crippen molar-refractivity contribution in [2.24, 2.45) is 5.92 Å². The largest absolute Gasteiger partial charge is 0.459 e. The lowest BCUT2D eigenvalue weighted by molar-refractivity contribution is 0.0141. The zero-order chi connectivity index (χ0) is 13.0. The van der Waals surface area contributed by atoms with Crippen molar-refractivity contribution in [3.8, 4) is 0 Å². The van der Waals surface area contributed by atoms with Crippen molar-refractivity contribution in [3.05, 3.63) is 29.8 Å². The smallest absolute Gasteiger partial charge is 0.340 e. The first kappa shape index (κ1) is 12.9. The van der Waals surface area contributed by atoms with Gasteiger partial charge in [0.25, 0.3) is 0 Å². The van der Waals surface area contributed by atoms with Gasteiger partial charge in [-0.1, -0.05) is 31.9 Å². The number of carbonyl (C=O) groups excluding carboxylic acids is 1. The van der Waals surface area contributed by atoms with E-state index < -0.39 is 0 Å². The maximum atomic E-state index is 12.0. The number of hydrogen-bond acceptors (Lipinski definition) is 3. The van der Waals surface area contributed by atoms with Crippen molar-refractivity contribution in [2.45, 2.75) is 45.1 Å². The molecule has 2 rings (SSSR count). The molecule has 3 heteroatoms. The number of para-hydroxylation sites is 1. The number of benzene rings is 1. The molecule has 1 fully saturated rings. The lowest BCUT2D eigenvalue weighted by atomic mass is 9.85. The van der Waals surface area contributed by atoms with Crippen molar-refractivity contribution in [1.29, 1.82) is 0 Å². The van der Waals surface area contributed by atoms with Crippen LogP contribution in [0.3, 0.4) is 0 Å². The van der Waals surface area contributed by atoms with Gasteiger partial charge in [0.1, 0.15) is 6.10 Å². The highest BCUT2D eigenvalue weighted by atomic mass is 16.5. The van der Waals surface area contributed by atoms with Crippen molar-refractivity contribution < 1.29 is 9.53 Å². The third-order valence-corrected chi connectivity index (χ3v) is 3.77. The number of ether oxygens (including phenoxy) is 1. The molecule has 1 aliphatic rings. The molecule has 1 saturated carbocycles. The van der Waals surface area contributed by atoms with Gasteiger partial charge in [0.05, 0.1) is 5.56 Å². The number of esters is 1. The Bertz CT molecular complexity index is 417. The Morgan fingerprint density at radius 1 is 1.39 bits per heavy atom. The highest BCUT2D eigenvalue weighted by Gasteiger charge is 2.24. The molecule has 0 saturated heterocycles. The van der Waals surface area contributed by atoms with Crippen LogP contribution in [0.4, 0.5) is 5.69 Å². The van der Waals surface area contributed by atoms with Gasteiger partial charge < -0.3 is 10.5 Å². The molecule has 0 amide bonds. The van der Waals surface area contributed by atoms with Crippen LogP contribution in [0.25, 0.3) is 0 Å². The highest BCUT2D eigenvalue weighted by molar-refractivity contribution is 5.95. The number of nitrogen functional groups attached to an aromatic ring is 1. The predicted octanol–water partition coefficient (Wildman–Crippen LogP) is 3.39. The molecule has 0 spiro atoms. The van der Waals surface area contributed by atoms with Crippen LogP contribution in [0.1, 0.15) is 49.4 Å². The third-order valence-electron chi connectivity index (χ3n) is 3.77. The van der Waals surface area contributed by atoms with Gasteiger partial charge in [-0.15, -0.1) is 0 Å². The second kappa shape index (κ2) is 5.89. The highest BCUT2D eigenvalue weighted by Crippen LogP contribution is 2.29. The van der Waals surface area contributed by atoms with Crippen LogP contribution in [-0.2, 0) is 4.74 Å². The van der Waals surface area contributed by atoms with Crippen LogP contribution in [-0.4, -0.2) is 12.1 Å². The molecule has 1 aromatic carbocycles. The fourth-order valence-corrected chi connectivity index (χ4v) is 2.62. The average molecular weight is 247 g/mol. The second-order valence-corrected chi connectivity index (χ2v) is 5.06. The number of anilines is 1. The Balaban J connectivity index is 1.97. The zero-order valence-electron chi connectivity index (χ0n) is 10.9. The van der Waals surface area contributed by atoms with Crippen LogP contribution < -0.4 is 5.73 Å². The van der Waals surface area contributed by atoms with Gasteiger partial charge in [-0.2, -0.15) is 0 Å². The summed E-state index contributed by atoms with van der Waals surface area (Å²) in [5.41, 5.74) is 6.75. The number of carbonyl (C=O) groups is 1. The summed E-state index contributed by atoms with van der Waals surface area (Å²) in [6.45, 7) is 2.20. The molecule has 0 bridgehead atoms. The summed E-state index contributed by atoms with van der Waals surface area (Å²) < 4.78 is 5.57. The molecular weight excluding hydrogens is 226 g/mol. The average Bonchev–Trinajstić information content (AvgIpc) is 2.39. The van der Waals surface area contributed by atoms with E-state index in [2.05, 4.69) is 6.92 Å². The fraction of sp³-hybridized carbons (Fsp3) is 0.533. The Labute approximate surface area is 108 Å². The van der Waals surface area contributed by atoms with Crippen LogP contribution in [0.2, 0.25) is 0 Å². The summed E-state index contributed by atoms with van der Waals surface area (Å²) in [7, 11) is 0. The molecule has 0 aliphatic heterocycles. The van der Waals surface area contributed by atoms with E-state index in [1.165, 1.54) is 12.8 Å². The van der Waals surface area contributed by atoms with Crippen LogP contribution in [0, 0.1) is 5.92 Å². The van der Waals surface area contributed by atoms with Gasteiger partial charge in [-0.25, -0.2) is 4.79 Å². The molecule has 0 aromatic heterocycles. The second-order valence-electron chi connectivity index (χ2n) is 5.06. The van der Waals surface area contributed by atoms with Gasteiger partial charge in [0.15, 0.2) is 0 Å². The summed E-state index contributed by atoms with van der Waals surface area (Å²) in [6.07, 6.45) is 5.63. The quantitative estimate of drug-likeness (QED) is 0.658. The van der Waals surface area contributed by atoms with Crippen molar-refractivity contribution in [3.63, 3.8) is 0 Å². The topological polar surface area (TPSA) is 52.3 Å². The molecule has 2 atom stereocenters. The van der Waals surface area contributed by atoms with Gasteiger partial charge in [0, 0.05) is 5.69 Å². The SMILES string of the molecule is CCC1CCCC(OC(=O)c2ccccc2N)C1. The molecule has 2 unspecified atom stereocenters. The molecular formula is C15H21NO2. The summed E-state index contributed by atoms with van der Waals surface area (Å²) in [5.74, 6) is 0.416. The predicted molar refractivity (Wildman–Crippen MR) is 72.3 cm³/mol. The number of hydrogen-bond donors (Lipinski definition) is 1. The van der Waals surface area contributed by atoms with E-state index >= 15 is 0 Å². The summed E-state index contributed by atoms with van der Waals surface area (Å²) in [5, 5.41) is 0. The molecule has 1 aromatic rings. The maximum Gasteiger partial charge on any atom is 0.340 e. The summed E-state index contributed by atoms with van der Waals surface area (Å²) >= 11 is 0. The lowest BCUT2D eigenvalue weighted by Gasteiger charge is -2.28. The zero-order valence-corrected chi connectivity index (χ0v) is 10.9. The Kier molecular flexibility index (Phi) is 4.24. The summed E-state index contributed by atoms with van der Waals surface area (Å²) in [6, 6.07) is 7.08. The monoisotopic (exact) mass is 247 g/mol. The third kappa shape index (κ3) is 3.03. The minimum atomic E-state index is -0.283. The lowest BCUT2D eigenvalue weighted by Crippen LogP contribution is -2.25. The minimum absolute atomic E-state index is 0.0656.